The Morgan fingerprint density at radius 3 is 2.81 bits per heavy atom. The molecule has 2 aromatic heterocycles. The molecule has 1 aliphatic carbocycles. The van der Waals surface area contributed by atoms with Crippen LogP contribution >= 0.6 is 0 Å². The third-order valence-electron chi connectivity index (χ3n) is 8.30. The number of unbranched alkanes of at least 4 members (excludes halogenated alkanes) is 1. The molecular weight excluding hydrogens is 462 g/mol. The van der Waals surface area contributed by atoms with E-state index in [9.17, 15) is 4.79 Å². The molecule has 8 nitrogen and oxygen atoms in total. The number of aromatic amines is 1. The smallest absolute Gasteiger partial charge is 0.296 e. The van der Waals surface area contributed by atoms with Crippen LogP contribution in [0.5, 0.6) is 0 Å². The first-order valence-corrected chi connectivity index (χ1v) is 14.0. The minimum absolute atomic E-state index is 0.144. The summed E-state index contributed by atoms with van der Waals surface area (Å²) in [4.78, 5) is 18.5. The lowest BCUT2D eigenvalue weighted by molar-refractivity contribution is 0.219. The van der Waals surface area contributed by atoms with Crippen LogP contribution in [-0.4, -0.2) is 36.0 Å². The van der Waals surface area contributed by atoms with Crippen LogP contribution in [0.2, 0.25) is 0 Å². The number of H-pyrrole nitrogens is 1. The van der Waals surface area contributed by atoms with E-state index in [1.807, 2.05) is 24.5 Å². The highest BCUT2D eigenvalue weighted by Gasteiger charge is 2.34. The average Bonchev–Trinajstić information content (AvgIpc) is 3.58. The van der Waals surface area contributed by atoms with Gasteiger partial charge in [-0.25, -0.2) is 9.89 Å². The molecule has 3 heterocycles. The second-order valence-corrected chi connectivity index (χ2v) is 10.7. The van der Waals surface area contributed by atoms with Crippen molar-refractivity contribution in [2.45, 2.75) is 96.1 Å². The van der Waals surface area contributed by atoms with Crippen LogP contribution in [0, 0.1) is 5.92 Å². The van der Waals surface area contributed by atoms with Crippen LogP contribution < -0.4 is 5.69 Å². The van der Waals surface area contributed by atoms with E-state index < -0.39 is 0 Å². The summed E-state index contributed by atoms with van der Waals surface area (Å²) < 4.78 is 4.18. The van der Waals surface area contributed by atoms with Crippen molar-refractivity contribution < 1.29 is 0 Å². The molecule has 3 aromatic rings. The van der Waals surface area contributed by atoms with E-state index in [0.717, 1.165) is 48.9 Å². The van der Waals surface area contributed by atoms with Crippen molar-refractivity contribution in [3.63, 3.8) is 0 Å². The summed E-state index contributed by atoms with van der Waals surface area (Å²) in [6.07, 6.45) is 19.2. The van der Waals surface area contributed by atoms with Crippen molar-refractivity contribution in [1.29, 1.82) is 0 Å². The zero-order chi connectivity index (χ0) is 25.7. The molecule has 8 heteroatoms. The van der Waals surface area contributed by atoms with Gasteiger partial charge in [0.15, 0.2) is 5.82 Å². The predicted octanol–water partition coefficient (Wildman–Crippen LogP) is 5.63. The highest BCUT2D eigenvalue weighted by molar-refractivity contribution is 5.65. The summed E-state index contributed by atoms with van der Waals surface area (Å²) in [6.45, 7) is 5.06. The second-order valence-electron chi connectivity index (χ2n) is 10.7. The van der Waals surface area contributed by atoms with Crippen molar-refractivity contribution in [2.75, 3.05) is 0 Å². The van der Waals surface area contributed by atoms with Gasteiger partial charge in [-0.15, -0.1) is 5.10 Å². The third kappa shape index (κ3) is 5.24. The first-order chi connectivity index (χ1) is 18.1. The van der Waals surface area contributed by atoms with E-state index in [1.165, 1.54) is 32.1 Å². The van der Waals surface area contributed by atoms with Gasteiger partial charge in [0.05, 0.1) is 0 Å². The largest absolute Gasteiger partial charge is 0.328 e. The Hall–Kier alpha value is -3.29. The number of nitrogens with one attached hydrogen (secondary N) is 1. The maximum atomic E-state index is 14.1. The van der Waals surface area contributed by atoms with E-state index in [2.05, 4.69) is 73.0 Å². The van der Waals surface area contributed by atoms with Gasteiger partial charge in [-0.1, -0.05) is 63.8 Å². The molecule has 0 radical (unpaired) electrons. The van der Waals surface area contributed by atoms with Gasteiger partial charge in [0.2, 0.25) is 0 Å². The summed E-state index contributed by atoms with van der Waals surface area (Å²) in [7, 11) is 0. The predicted molar refractivity (Wildman–Crippen MR) is 147 cm³/mol. The van der Waals surface area contributed by atoms with Gasteiger partial charge in [0, 0.05) is 47.9 Å². The number of rotatable bonds is 10. The van der Waals surface area contributed by atoms with Crippen LogP contribution in [0.1, 0.15) is 88.9 Å². The van der Waals surface area contributed by atoms with Gasteiger partial charge in [-0.2, -0.15) is 0 Å². The van der Waals surface area contributed by atoms with Gasteiger partial charge in [0.25, 0.3) is 0 Å². The Morgan fingerprint density at radius 2 is 2.05 bits per heavy atom. The fourth-order valence-corrected chi connectivity index (χ4v) is 6.27. The van der Waals surface area contributed by atoms with Crippen LogP contribution in [0.3, 0.4) is 0 Å². The molecule has 1 aromatic carbocycles. The lowest BCUT2D eigenvalue weighted by atomic mass is 9.76. The minimum atomic E-state index is -0.377. The Morgan fingerprint density at radius 1 is 1.16 bits per heavy atom. The number of aromatic nitrogens is 6. The molecule has 37 heavy (non-hydrogen) atoms. The number of hydrogen-bond donors (Lipinski definition) is 1. The third-order valence-corrected chi connectivity index (χ3v) is 8.30. The highest BCUT2D eigenvalue weighted by Crippen LogP contribution is 2.38. The SMILES string of the molecule is CCCCc1cn(C2CCCCC2CCC)c(=O)n1CC1(c2cccc(-c3nnn[nH]3)c2)C=CN=CC1. The molecule has 0 spiro atoms. The summed E-state index contributed by atoms with van der Waals surface area (Å²) in [5.41, 5.74) is 2.98. The molecule has 2 aliphatic rings. The zero-order valence-electron chi connectivity index (χ0n) is 22.1. The first-order valence-electron chi connectivity index (χ1n) is 14.0. The maximum absolute atomic E-state index is 14.1. The van der Waals surface area contributed by atoms with Crippen molar-refractivity contribution in [1.82, 2.24) is 29.8 Å². The molecule has 3 atom stereocenters. The van der Waals surface area contributed by atoms with Gasteiger partial charge in [-0.05, 0) is 66.5 Å². The first kappa shape index (κ1) is 25.4. The van der Waals surface area contributed by atoms with Crippen LogP contribution in [0.4, 0.5) is 0 Å². The number of imidazole rings is 1. The molecule has 3 unspecified atom stereocenters. The Labute approximate surface area is 218 Å². The maximum Gasteiger partial charge on any atom is 0.328 e. The summed E-state index contributed by atoms with van der Waals surface area (Å²) in [5, 5.41) is 14.4. The van der Waals surface area contributed by atoms with Gasteiger partial charge in [0.1, 0.15) is 0 Å². The Kier molecular flexibility index (Phi) is 7.82. The normalized spacial score (nSPS) is 23.5. The number of aryl methyl sites for hydroxylation is 1. The van der Waals surface area contributed by atoms with Gasteiger partial charge >= 0.3 is 5.69 Å². The van der Waals surface area contributed by atoms with E-state index in [0.29, 0.717) is 24.3 Å². The molecule has 196 valence electrons. The highest BCUT2D eigenvalue weighted by atomic mass is 16.1. The molecule has 1 N–H and O–H groups in total. The molecule has 0 saturated heterocycles. The molecular formula is C29H39N7O. The molecule has 1 saturated carbocycles. The van der Waals surface area contributed by atoms with Crippen LogP contribution in [-0.2, 0) is 18.4 Å². The average molecular weight is 502 g/mol. The topological polar surface area (TPSA) is 93.7 Å². The number of hydrogen-bond acceptors (Lipinski definition) is 5. The summed E-state index contributed by atoms with van der Waals surface area (Å²) in [6, 6.07) is 8.63. The van der Waals surface area contributed by atoms with E-state index >= 15 is 0 Å². The van der Waals surface area contributed by atoms with E-state index in [1.54, 1.807) is 0 Å². The van der Waals surface area contributed by atoms with E-state index in [4.69, 9.17) is 0 Å². The monoisotopic (exact) mass is 501 g/mol. The van der Waals surface area contributed by atoms with Crippen LogP contribution in [0.15, 0.2) is 52.5 Å². The quantitative estimate of drug-likeness (QED) is 0.390. The van der Waals surface area contributed by atoms with Crippen molar-refractivity contribution in [2.24, 2.45) is 10.9 Å². The number of allylic oxidation sites excluding steroid dienone is 1. The van der Waals surface area contributed by atoms with Gasteiger partial charge in [-0.3, -0.25) is 14.1 Å². The van der Waals surface area contributed by atoms with Gasteiger partial charge < -0.3 is 0 Å². The molecule has 5 rings (SSSR count). The lowest BCUT2D eigenvalue weighted by Gasteiger charge is -2.33. The lowest BCUT2D eigenvalue weighted by Crippen LogP contribution is -2.38. The summed E-state index contributed by atoms with van der Waals surface area (Å²) in [5.74, 6) is 1.23. The van der Waals surface area contributed by atoms with E-state index in [-0.39, 0.29) is 11.1 Å². The van der Waals surface area contributed by atoms with Crippen molar-refractivity contribution in [3.05, 3.63) is 64.5 Å². The minimum Gasteiger partial charge on any atom is -0.296 e. The van der Waals surface area contributed by atoms with Crippen LogP contribution in [0.25, 0.3) is 11.4 Å². The summed E-state index contributed by atoms with van der Waals surface area (Å²) >= 11 is 0. The molecule has 0 bridgehead atoms. The number of nitrogens with zero attached hydrogens (tertiary/aromatic N) is 6. The van der Waals surface area contributed by atoms with Crippen molar-refractivity contribution >= 4 is 6.21 Å². The zero-order valence-corrected chi connectivity index (χ0v) is 22.1. The number of aliphatic imine (C=N–C) groups is 1. The Balaban J connectivity index is 1.56. The Bertz CT molecular complexity index is 1280. The number of benzene rings is 1. The molecule has 1 aliphatic heterocycles. The van der Waals surface area contributed by atoms with Crippen molar-refractivity contribution in [3.8, 4) is 11.4 Å². The fraction of sp³-hybridized carbons (Fsp3) is 0.552. The number of tetrazole rings is 1. The fourth-order valence-electron chi connectivity index (χ4n) is 6.27. The standard InChI is InChI=1S/C29H39N7O/c1-3-5-13-25-20-35(26-14-7-6-10-22(26)9-4-2)28(37)36(25)21-29(15-17-30-18-16-29)24-12-8-11-23(19-24)27-31-33-34-32-27/h8,11-12,15,17-20,22,26H,3-7,9-10,13-14,16,21H2,1-2H3,(H,31,32,33,34). The molecule has 1 fully saturated rings. The second kappa shape index (κ2) is 11.4. The molecule has 0 amide bonds.